The van der Waals surface area contributed by atoms with Crippen molar-refractivity contribution in [3.8, 4) is 11.1 Å². The number of likely N-dealkylation sites (tertiary alicyclic amines) is 1. The van der Waals surface area contributed by atoms with E-state index in [-0.39, 0.29) is 46.8 Å². The van der Waals surface area contributed by atoms with Gasteiger partial charge in [-0.25, -0.2) is 14.8 Å². The number of aromatic nitrogens is 3. The Labute approximate surface area is 203 Å². The summed E-state index contributed by atoms with van der Waals surface area (Å²) in [4.78, 5) is 47.8. The van der Waals surface area contributed by atoms with Crippen molar-refractivity contribution in [2.45, 2.75) is 50.5 Å². The third-order valence-electron chi connectivity index (χ3n) is 8.85. The van der Waals surface area contributed by atoms with Crippen LogP contribution in [0.1, 0.15) is 50.3 Å². The van der Waals surface area contributed by atoms with E-state index in [2.05, 4.69) is 9.97 Å². The Morgan fingerprint density at radius 2 is 1.80 bits per heavy atom. The fourth-order valence-corrected chi connectivity index (χ4v) is 7.26. The third kappa shape index (κ3) is 3.81. The summed E-state index contributed by atoms with van der Waals surface area (Å²) in [6.45, 7) is 1.15. The largest absolute Gasteiger partial charge is 0.446 e. The second-order valence-corrected chi connectivity index (χ2v) is 11.1. The number of amides is 2. The minimum Gasteiger partial charge on any atom is -0.446 e. The molecule has 1 saturated heterocycles. The molecule has 2 aromatic heterocycles. The lowest BCUT2D eigenvalue weighted by molar-refractivity contribution is -0.161. The van der Waals surface area contributed by atoms with Gasteiger partial charge < -0.3 is 19.9 Å². The molecule has 184 valence electrons. The third-order valence-corrected chi connectivity index (χ3v) is 8.85. The molecule has 4 aliphatic carbocycles. The van der Waals surface area contributed by atoms with Gasteiger partial charge in [0.2, 0.25) is 11.5 Å². The van der Waals surface area contributed by atoms with Crippen molar-refractivity contribution in [3.05, 3.63) is 46.9 Å². The molecule has 0 spiro atoms. The maximum Gasteiger partial charge on any atom is 0.410 e. The maximum absolute atomic E-state index is 13.1. The lowest BCUT2D eigenvalue weighted by Gasteiger charge is -2.58. The molecule has 35 heavy (non-hydrogen) atoms. The molecule has 1 aliphatic heterocycles. The van der Waals surface area contributed by atoms with Crippen LogP contribution in [-0.4, -0.2) is 50.6 Å². The van der Waals surface area contributed by atoms with Crippen molar-refractivity contribution >= 4 is 12.0 Å². The van der Waals surface area contributed by atoms with Crippen LogP contribution in [0, 0.1) is 23.2 Å². The molecular weight excluding hydrogens is 446 g/mol. The average Bonchev–Trinajstić information content (AvgIpc) is 3.33. The second kappa shape index (κ2) is 8.17. The molecule has 6 atom stereocenters. The zero-order valence-electron chi connectivity index (χ0n) is 19.9. The number of rotatable bonds is 4. The molecule has 2 aromatic rings. The van der Waals surface area contributed by atoms with Gasteiger partial charge in [-0.2, -0.15) is 0 Å². The van der Waals surface area contributed by atoms with Crippen LogP contribution in [0.4, 0.5) is 4.79 Å². The second-order valence-electron chi connectivity index (χ2n) is 11.1. The van der Waals surface area contributed by atoms with E-state index in [1.54, 1.807) is 36.6 Å². The minimum atomic E-state index is -0.379. The molecule has 2 N–H and O–H groups in total. The number of carbonyl (C=O) groups excluding carboxylic acids is 2. The molecule has 5 aliphatic rings. The molecule has 7 rings (SSSR count). The minimum absolute atomic E-state index is 0.0633. The number of nitrogens with two attached hydrogens (primary N) is 1. The first-order valence-corrected chi connectivity index (χ1v) is 12.6. The number of ether oxygens (including phenoxy) is 1. The highest BCUT2D eigenvalue weighted by Crippen LogP contribution is 2.60. The zero-order valence-corrected chi connectivity index (χ0v) is 19.9. The molecule has 4 unspecified atom stereocenters. The van der Waals surface area contributed by atoms with Gasteiger partial charge >= 0.3 is 6.09 Å². The topological polar surface area (TPSA) is 120 Å². The molecule has 4 bridgehead atoms. The summed E-state index contributed by atoms with van der Waals surface area (Å²) in [5, 5.41) is 0. The summed E-state index contributed by atoms with van der Waals surface area (Å²) in [7, 11) is 1.71. The van der Waals surface area contributed by atoms with Crippen molar-refractivity contribution in [1.29, 1.82) is 0 Å². The number of pyridine rings is 1. The first kappa shape index (κ1) is 22.2. The highest BCUT2D eigenvalue weighted by atomic mass is 16.6. The molecule has 9 nitrogen and oxygen atoms in total. The number of aryl methyl sites for hydroxylation is 1. The zero-order chi connectivity index (χ0) is 24.3. The van der Waals surface area contributed by atoms with Gasteiger partial charge in [0.15, 0.2) is 0 Å². The van der Waals surface area contributed by atoms with Crippen LogP contribution < -0.4 is 11.3 Å². The molecule has 2 amide bonds. The van der Waals surface area contributed by atoms with Crippen LogP contribution in [-0.2, 0) is 16.6 Å². The van der Waals surface area contributed by atoms with Gasteiger partial charge in [0.05, 0.1) is 5.41 Å². The van der Waals surface area contributed by atoms with E-state index in [1.165, 1.54) is 10.6 Å². The standard InChI is InChI=1S/C26H31N5O4/c1-30-13-16(2-3-21(30)32)20-11-28-23(29-12-20)17-4-5-31(14-17)25(34)35-22-18-6-15-7-19(22)10-26(8-15,9-18)24(27)33/h2-3,11-13,15,17-19,22H,4-10,14H2,1H3,(H2,27,33)/t15?,17?,18-,19+,22?,26?. The number of nitrogens with zero attached hydrogens (tertiary/aromatic N) is 4. The lowest BCUT2D eigenvalue weighted by atomic mass is 9.48. The fourth-order valence-electron chi connectivity index (χ4n) is 7.26. The van der Waals surface area contributed by atoms with Gasteiger partial charge in [-0.05, 0) is 62.3 Å². The predicted octanol–water partition coefficient (Wildman–Crippen LogP) is 2.45. The number of primary amides is 1. The van der Waals surface area contributed by atoms with Gasteiger partial charge in [0.25, 0.3) is 0 Å². The van der Waals surface area contributed by atoms with Crippen molar-refractivity contribution in [2.24, 2.45) is 36.0 Å². The van der Waals surface area contributed by atoms with E-state index in [0.717, 1.165) is 49.7 Å². The van der Waals surface area contributed by atoms with Gasteiger partial charge in [0, 0.05) is 61.8 Å². The summed E-state index contributed by atoms with van der Waals surface area (Å²) < 4.78 is 7.61. The molecule has 4 saturated carbocycles. The smallest absolute Gasteiger partial charge is 0.410 e. The van der Waals surface area contributed by atoms with Gasteiger partial charge in [-0.3, -0.25) is 9.59 Å². The Bertz CT molecular complexity index is 1210. The van der Waals surface area contributed by atoms with E-state index < -0.39 is 0 Å². The monoisotopic (exact) mass is 477 g/mol. The number of carbonyl (C=O) groups is 2. The van der Waals surface area contributed by atoms with E-state index in [0.29, 0.717) is 24.8 Å². The Morgan fingerprint density at radius 1 is 1.09 bits per heavy atom. The average molecular weight is 478 g/mol. The van der Waals surface area contributed by atoms with Crippen LogP contribution in [0.2, 0.25) is 0 Å². The van der Waals surface area contributed by atoms with Crippen LogP contribution in [0.15, 0.2) is 35.5 Å². The normalized spacial score (nSPS) is 33.2. The SMILES string of the molecule is Cn1cc(-c2cnc(C3CCN(C(=O)OC4[C@@H]5CC6C[C@H]4CC(C(N)=O)(C6)C5)C3)nc2)ccc1=O. The molecule has 0 aromatic carbocycles. The molecule has 3 heterocycles. The van der Waals surface area contributed by atoms with E-state index in [1.807, 2.05) is 0 Å². The Kier molecular flexibility index (Phi) is 5.19. The quantitative estimate of drug-likeness (QED) is 0.722. The van der Waals surface area contributed by atoms with Crippen LogP contribution in [0.3, 0.4) is 0 Å². The van der Waals surface area contributed by atoms with Crippen LogP contribution >= 0.6 is 0 Å². The van der Waals surface area contributed by atoms with Gasteiger partial charge in [-0.15, -0.1) is 0 Å². The number of hydrogen-bond acceptors (Lipinski definition) is 6. The summed E-state index contributed by atoms with van der Waals surface area (Å²) in [5.41, 5.74) is 7.06. The predicted molar refractivity (Wildman–Crippen MR) is 127 cm³/mol. The van der Waals surface area contributed by atoms with Crippen molar-refractivity contribution in [1.82, 2.24) is 19.4 Å². The summed E-state index contributed by atoms with van der Waals surface area (Å²) in [6.07, 6.45) is 10.2. The highest BCUT2D eigenvalue weighted by Gasteiger charge is 2.59. The van der Waals surface area contributed by atoms with Crippen molar-refractivity contribution in [3.63, 3.8) is 0 Å². The van der Waals surface area contributed by atoms with Gasteiger partial charge in [-0.1, -0.05) is 0 Å². The van der Waals surface area contributed by atoms with E-state index >= 15 is 0 Å². The molecule has 9 heteroatoms. The number of hydrogen-bond donors (Lipinski definition) is 1. The summed E-state index contributed by atoms with van der Waals surface area (Å²) >= 11 is 0. The molecule has 5 fully saturated rings. The first-order valence-electron chi connectivity index (χ1n) is 12.6. The van der Waals surface area contributed by atoms with Crippen LogP contribution in [0.5, 0.6) is 0 Å². The lowest BCUT2D eigenvalue weighted by Crippen LogP contribution is -2.59. The van der Waals surface area contributed by atoms with Crippen LogP contribution in [0.25, 0.3) is 11.1 Å². The van der Waals surface area contributed by atoms with Crippen molar-refractivity contribution in [2.75, 3.05) is 13.1 Å². The van der Waals surface area contributed by atoms with Crippen molar-refractivity contribution < 1.29 is 14.3 Å². The maximum atomic E-state index is 13.1. The van der Waals surface area contributed by atoms with E-state index in [9.17, 15) is 14.4 Å². The van der Waals surface area contributed by atoms with E-state index in [4.69, 9.17) is 10.5 Å². The fraction of sp³-hybridized carbons (Fsp3) is 0.577. The van der Waals surface area contributed by atoms with Gasteiger partial charge in [0.1, 0.15) is 11.9 Å². The molecular formula is C26H31N5O4. The Hall–Kier alpha value is -3.23. The summed E-state index contributed by atoms with van der Waals surface area (Å²) in [6, 6.07) is 3.30. The highest BCUT2D eigenvalue weighted by molar-refractivity contribution is 5.81. The first-order chi connectivity index (χ1) is 16.8. The summed E-state index contributed by atoms with van der Waals surface area (Å²) in [5.74, 6) is 1.62. The Balaban J connectivity index is 1.09. The Morgan fingerprint density at radius 3 is 2.46 bits per heavy atom. The molecule has 0 radical (unpaired) electrons.